The fourth-order valence-electron chi connectivity index (χ4n) is 4.17. The average Bonchev–Trinajstić information content (AvgIpc) is 3.15. The number of halogens is 1. The van der Waals surface area contributed by atoms with E-state index in [-0.39, 0.29) is 23.0 Å². The predicted molar refractivity (Wildman–Crippen MR) is 140 cm³/mol. The Hall–Kier alpha value is -4.07. The van der Waals surface area contributed by atoms with Crippen molar-refractivity contribution >= 4 is 63.5 Å². The lowest BCUT2D eigenvalue weighted by atomic mass is 10.0. The molecule has 0 bridgehead atoms. The summed E-state index contributed by atoms with van der Waals surface area (Å²) in [4.78, 5) is 38.5. The summed E-state index contributed by atoms with van der Waals surface area (Å²) in [6.07, 6.45) is 1.56. The second-order valence-electron chi connectivity index (χ2n) is 7.96. The molecule has 0 spiro atoms. The van der Waals surface area contributed by atoms with E-state index >= 15 is 0 Å². The van der Waals surface area contributed by atoms with Gasteiger partial charge in [0.25, 0.3) is 11.8 Å². The minimum atomic E-state index is -0.577. The third-order valence-corrected chi connectivity index (χ3v) is 6.21. The molecule has 4 aromatic rings. The standard InChI is InChI=1S/C27H18ClN3O3S/c28-18-12-10-16(11-13-18)23(32)15-31-22-9-5-4-8-19(22)20(24(31)17-6-2-1-3-7-17)14-21-25(33)29-27(35)30-26(21)34/h1-14H,15H2,(H2,29,30,33,34,35). The number of Topliss-reactive ketones (excluding diaryl/α,β-unsaturated/α-hetero) is 1. The molecule has 0 unspecified atom stereocenters. The van der Waals surface area contributed by atoms with Crippen LogP contribution < -0.4 is 10.6 Å². The summed E-state index contributed by atoms with van der Waals surface area (Å²) in [6.45, 7) is 0.0536. The summed E-state index contributed by atoms with van der Waals surface area (Å²) in [5.41, 5.74) is 3.48. The van der Waals surface area contributed by atoms with Gasteiger partial charge in [-0.3, -0.25) is 25.0 Å². The van der Waals surface area contributed by atoms with Crippen LogP contribution in [0.25, 0.3) is 28.2 Å². The van der Waals surface area contributed by atoms with E-state index in [2.05, 4.69) is 10.6 Å². The van der Waals surface area contributed by atoms with E-state index in [4.69, 9.17) is 23.8 Å². The van der Waals surface area contributed by atoms with Crippen LogP contribution in [-0.4, -0.2) is 27.3 Å². The van der Waals surface area contributed by atoms with Gasteiger partial charge in [0.2, 0.25) is 0 Å². The Morgan fingerprint density at radius 2 is 1.51 bits per heavy atom. The smallest absolute Gasteiger partial charge is 0.263 e. The van der Waals surface area contributed by atoms with Crippen molar-refractivity contribution in [3.63, 3.8) is 0 Å². The van der Waals surface area contributed by atoms with Gasteiger partial charge in [0.15, 0.2) is 10.9 Å². The number of aromatic nitrogens is 1. The average molecular weight is 500 g/mol. The van der Waals surface area contributed by atoms with Crippen LogP contribution in [0.5, 0.6) is 0 Å². The lowest BCUT2D eigenvalue weighted by Crippen LogP contribution is -2.51. The van der Waals surface area contributed by atoms with Gasteiger partial charge >= 0.3 is 0 Å². The number of amides is 2. The first-order valence-electron chi connectivity index (χ1n) is 10.8. The van der Waals surface area contributed by atoms with Crippen LogP contribution in [0, 0.1) is 0 Å². The van der Waals surface area contributed by atoms with Crippen molar-refractivity contribution in [2.24, 2.45) is 0 Å². The number of nitrogens with one attached hydrogen (secondary N) is 2. The highest BCUT2D eigenvalue weighted by Gasteiger charge is 2.28. The molecule has 1 fully saturated rings. The van der Waals surface area contributed by atoms with Crippen molar-refractivity contribution in [2.75, 3.05) is 0 Å². The van der Waals surface area contributed by atoms with Crippen molar-refractivity contribution in [1.29, 1.82) is 0 Å². The van der Waals surface area contributed by atoms with Gasteiger partial charge in [-0.05, 0) is 54.2 Å². The van der Waals surface area contributed by atoms with Crippen LogP contribution in [0.3, 0.4) is 0 Å². The third-order valence-electron chi connectivity index (χ3n) is 5.76. The van der Waals surface area contributed by atoms with Crippen LogP contribution in [0.15, 0.2) is 84.4 Å². The summed E-state index contributed by atoms with van der Waals surface area (Å²) < 4.78 is 1.91. The maximum Gasteiger partial charge on any atom is 0.263 e. The first kappa shape index (κ1) is 22.7. The van der Waals surface area contributed by atoms with Crippen molar-refractivity contribution < 1.29 is 14.4 Å². The molecule has 0 saturated carbocycles. The fraction of sp³-hybridized carbons (Fsp3) is 0.0370. The van der Waals surface area contributed by atoms with Gasteiger partial charge in [0.1, 0.15) is 5.57 Å². The number of para-hydroxylation sites is 1. The molecule has 2 amide bonds. The van der Waals surface area contributed by atoms with Gasteiger partial charge in [-0.25, -0.2) is 0 Å². The number of fused-ring (bicyclic) bond motifs is 1. The largest absolute Gasteiger partial charge is 0.332 e. The molecule has 3 aromatic carbocycles. The first-order chi connectivity index (χ1) is 16.9. The zero-order valence-corrected chi connectivity index (χ0v) is 19.8. The van der Waals surface area contributed by atoms with E-state index in [1.807, 2.05) is 59.2 Å². The quantitative estimate of drug-likeness (QED) is 0.179. The molecule has 35 heavy (non-hydrogen) atoms. The van der Waals surface area contributed by atoms with E-state index in [1.54, 1.807) is 30.3 Å². The van der Waals surface area contributed by atoms with Gasteiger partial charge < -0.3 is 4.57 Å². The molecule has 2 heterocycles. The van der Waals surface area contributed by atoms with Crippen molar-refractivity contribution in [2.45, 2.75) is 6.54 Å². The number of thiocarbonyl (C=S) groups is 1. The van der Waals surface area contributed by atoms with Crippen molar-refractivity contribution in [3.8, 4) is 11.3 Å². The maximum atomic E-state index is 13.3. The van der Waals surface area contributed by atoms with Crippen LogP contribution in [-0.2, 0) is 16.1 Å². The van der Waals surface area contributed by atoms with Crippen LogP contribution in [0.2, 0.25) is 5.02 Å². The zero-order chi connectivity index (χ0) is 24.5. The number of hydrogen-bond donors (Lipinski definition) is 2. The molecule has 0 aliphatic carbocycles. The normalized spacial score (nSPS) is 13.5. The summed E-state index contributed by atoms with van der Waals surface area (Å²) >= 11 is 10.9. The number of hydrogen-bond acceptors (Lipinski definition) is 4. The van der Waals surface area contributed by atoms with Gasteiger partial charge in [0, 0.05) is 27.1 Å². The maximum absolute atomic E-state index is 13.3. The topological polar surface area (TPSA) is 80.2 Å². The molecule has 0 atom stereocenters. The molecule has 1 aromatic heterocycles. The molecule has 5 rings (SSSR count). The Morgan fingerprint density at radius 1 is 0.886 bits per heavy atom. The Labute approximate surface area is 211 Å². The Kier molecular flexibility index (Phi) is 6.03. The fourth-order valence-corrected chi connectivity index (χ4v) is 4.48. The Bertz CT molecular complexity index is 1520. The van der Waals surface area contributed by atoms with Gasteiger partial charge in [-0.2, -0.15) is 0 Å². The Balaban J connectivity index is 1.73. The lowest BCUT2D eigenvalue weighted by molar-refractivity contribution is -0.123. The summed E-state index contributed by atoms with van der Waals surface area (Å²) in [7, 11) is 0. The van der Waals surface area contributed by atoms with E-state index in [9.17, 15) is 14.4 Å². The predicted octanol–water partition coefficient (Wildman–Crippen LogP) is 4.76. The minimum Gasteiger partial charge on any atom is -0.332 e. The molecule has 1 aliphatic heterocycles. The minimum absolute atomic E-state index is 0.0311. The van der Waals surface area contributed by atoms with Crippen molar-refractivity contribution in [3.05, 3.63) is 101 Å². The van der Waals surface area contributed by atoms with Crippen LogP contribution >= 0.6 is 23.8 Å². The molecular weight excluding hydrogens is 482 g/mol. The third kappa shape index (κ3) is 4.39. The SMILES string of the molecule is O=C1NC(=S)NC(=O)C1=Cc1c(-c2ccccc2)n(CC(=O)c2ccc(Cl)cc2)c2ccccc12. The van der Waals surface area contributed by atoms with E-state index in [1.165, 1.54) is 0 Å². The number of nitrogens with zero attached hydrogens (tertiary/aromatic N) is 1. The van der Waals surface area contributed by atoms with E-state index in [0.29, 0.717) is 16.1 Å². The summed E-state index contributed by atoms with van der Waals surface area (Å²) in [5.74, 6) is -1.25. The molecule has 172 valence electrons. The lowest BCUT2D eigenvalue weighted by Gasteiger charge is -2.17. The van der Waals surface area contributed by atoms with E-state index < -0.39 is 11.8 Å². The molecule has 1 aliphatic rings. The number of rotatable bonds is 5. The number of ketones is 1. The zero-order valence-electron chi connectivity index (χ0n) is 18.2. The molecule has 0 radical (unpaired) electrons. The number of carbonyl (C=O) groups is 3. The van der Waals surface area contributed by atoms with Gasteiger partial charge in [-0.15, -0.1) is 0 Å². The number of benzene rings is 3. The first-order valence-corrected chi connectivity index (χ1v) is 11.5. The highest BCUT2D eigenvalue weighted by atomic mass is 35.5. The highest BCUT2D eigenvalue weighted by molar-refractivity contribution is 7.80. The second-order valence-corrected chi connectivity index (χ2v) is 8.80. The summed E-state index contributed by atoms with van der Waals surface area (Å²) in [6, 6.07) is 23.9. The van der Waals surface area contributed by atoms with Crippen LogP contribution in [0.1, 0.15) is 15.9 Å². The number of carbonyl (C=O) groups excluding carboxylic acids is 3. The monoisotopic (exact) mass is 499 g/mol. The molecule has 8 heteroatoms. The van der Waals surface area contributed by atoms with Crippen LogP contribution in [0.4, 0.5) is 0 Å². The summed E-state index contributed by atoms with van der Waals surface area (Å²) in [5, 5.41) is 6.27. The molecule has 2 N–H and O–H groups in total. The van der Waals surface area contributed by atoms with Gasteiger partial charge in [-0.1, -0.05) is 60.1 Å². The molecule has 1 saturated heterocycles. The molecular formula is C27H18ClN3O3S. The van der Waals surface area contributed by atoms with E-state index in [0.717, 1.165) is 22.2 Å². The Morgan fingerprint density at radius 3 is 2.20 bits per heavy atom. The van der Waals surface area contributed by atoms with Gasteiger partial charge in [0.05, 0.1) is 12.2 Å². The van der Waals surface area contributed by atoms with Crippen molar-refractivity contribution in [1.82, 2.24) is 15.2 Å². The molecule has 6 nitrogen and oxygen atoms in total. The highest BCUT2D eigenvalue weighted by Crippen LogP contribution is 2.36. The second kappa shape index (κ2) is 9.29.